The molecule has 1 aromatic rings. The highest BCUT2D eigenvalue weighted by atomic mass is 16.7. The van der Waals surface area contributed by atoms with Crippen LogP contribution in [0.2, 0.25) is 0 Å². The first-order valence-electron chi connectivity index (χ1n) is 6.02. The fourth-order valence-corrected chi connectivity index (χ4v) is 2.59. The summed E-state index contributed by atoms with van der Waals surface area (Å²) in [6.07, 6.45) is 1.18. The van der Waals surface area contributed by atoms with E-state index in [4.69, 9.17) is 9.47 Å². The molecule has 1 aromatic carbocycles. The van der Waals surface area contributed by atoms with Crippen LogP contribution in [0.15, 0.2) is 18.2 Å². The van der Waals surface area contributed by atoms with Gasteiger partial charge in [-0.15, -0.1) is 0 Å². The van der Waals surface area contributed by atoms with Crippen LogP contribution in [-0.2, 0) is 11.2 Å². The summed E-state index contributed by atoms with van der Waals surface area (Å²) in [6.45, 7) is 1.53. The van der Waals surface area contributed by atoms with Crippen molar-refractivity contribution in [2.75, 3.05) is 19.9 Å². The van der Waals surface area contributed by atoms with Crippen LogP contribution in [-0.4, -0.2) is 31.0 Å². The van der Waals surface area contributed by atoms with Crippen molar-refractivity contribution in [3.05, 3.63) is 23.8 Å². The average Bonchev–Trinajstić information content (AvgIpc) is 2.97. The minimum Gasteiger partial charge on any atom is -0.481 e. The average molecular weight is 249 g/mol. The molecule has 0 bridgehead atoms. The quantitative estimate of drug-likeness (QED) is 0.837. The Kier molecular flexibility index (Phi) is 2.63. The molecular formula is C13H15NO4. The van der Waals surface area contributed by atoms with Crippen molar-refractivity contribution in [1.29, 1.82) is 0 Å². The summed E-state index contributed by atoms with van der Waals surface area (Å²) < 4.78 is 10.6. The molecule has 2 aliphatic heterocycles. The third kappa shape index (κ3) is 1.80. The molecular weight excluding hydrogens is 234 g/mol. The molecule has 0 aliphatic carbocycles. The Morgan fingerprint density at radius 3 is 2.94 bits per heavy atom. The maximum atomic E-state index is 11.5. The number of fused-ring (bicyclic) bond motifs is 1. The Morgan fingerprint density at radius 2 is 2.22 bits per heavy atom. The zero-order chi connectivity index (χ0) is 12.6. The van der Waals surface area contributed by atoms with Gasteiger partial charge in [0.1, 0.15) is 0 Å². The topological polar surface area (TPSA) is 67.8 Å². The second-order valence-corrected chi connectivity index (χ2v) is 4.88. The van der Waals surface area contributed by atoms with Crippen LogP contribution in [0.25, 0.3) is 0 Å². The van der Waals surface area contributed by atoms with Crippen molar-refractivity contribution in [2.24, 2.45) is 5.41 Å². The molecule has 1 fully saturated rings. The Morgan fingerprint density at radius 1 is 1.39 bits per heavy atom. The molecule has 1 unspecified atom stereocenters. The molecule has 5 nitrogen and oxygen atoms in total. The van der Waals surface area contributed by atoms with E-state index in [-0.39, 0.29) is 6.79 Å². The highest BCUT2D eigenvalue weighted by Crippen LogP contribution is 2.36. The van der Waals surface area contributed by atoms with Gasteiger partial charge in [0, 0.05) is 6.54 Å². The fraction of sp³-hybridized carbons (Fsp3) is 0.462. The second-order valence-electron chi connectivity index (χ2n) is 4.88. The summed E-state index contributed by atoms with van der Waals surface area (Å²) in [4.78, 5) is 11.5. The molecule has 1 atom stereocenters. The molecule has 2 N–H and O–H groups in total. The van der Waals surface area contributed by atoms with E-state index in [1.807, 2.05) is 18.2 Å². The monoisotopic (exact) mass is 249 g/mol. The highest BCUT2D eigenvalue weighted by molar-refractivity contribution is 5.76. The van der Waals surface area contributed by atoms with Crippen molar-refractivity contribution >= 4 is 5.97 Å². The van der Waals surface area contributed by atoms with Gasteiger partial charge in [0.25, 0.3) is 0 Å². The van der Waals surface area contributed by atoms with Crippen molar-refractivity contribution in [1.82, 2.24) is 5.32 Å². The van der Waals surface area contributed by atoms with Crippen LogP contribution in [0.3, 0.4) is 0 Å². The number of aliphatic carboxylic acids is 1. The van der Waals surface area contributed by atoms with E-state index in [9.17, 15) is 9.90 Å². The summed E-state index contributed by atoms with van der Waals surface area (Å²) in [5, 5.41) is 12.6. The van der Waals surface area contributed by atoms with Gasteiger partial charge in [-0.3, -0.25) is 4.79 Å². The Balaban J connectivity index is 1.85. The minimum atomic E-state index is -0.731. The standard InChI is InChI=1S/C13H15NO4/c15-12(16)13(3-4-14-7-13)6-9-1-2-10-11(5-9)18-8-17-10/h1-2,5,14H,3-4,6-8H2,(H,15,16). The lowest BCUT2D eigenvalue weighted by Gasteiger charge is -2.22. The summed E-state index contributed by atoms with van der Waals surface area (Å²) in [7, 11) is 0. The van der Waals surface area contributed by atoms with E-state index >= 15 is 0 Å². The molecule has 5 heteroatoms. The largest absolute Gasteiger partial charge is 0.481 e. The first-order chi connectivity index (χ1) is 8.70. The smallest absolute Gasteiger partial charge is 0.311 e. The fourth-order valence-electron chi connectivity index (χ4n) is 2.59. The molecule has 0 amide bonds. The van der Waals surface area contributed by atoms with E-state index in [1.165, 1.54) is 0 Å². The lowest BCUT2D eigenvalue weighted by atomic mass is 9.81. The molecule has 0 spiro atoms. The first-order valence-corrected chi connectivity index (χ1v) is 6.02. The third-order valence-electron chi connectivity index (χ3n) is 3.68. The van der Waals surface area contributed by atoms with E-state index in [0.29, 0.717) is 25.1 Å². The molecule has 0 saturated carbocycles. The molecule has 1 saturated heterocycles. The zero-order valence-corrected chi connectivity index (χ0v) is 9.94. The maximum absolute atomic E-state index is 11.5. The number of benzene rings is 1. The number of nitrogens with one attached hydrogen (secondary N) is 1. The third-order valence-corrected chi connectivity index (χ3v) is 3.68. The lowest BCUT2D eigenvalue weighted by Crippen LogP contribution is -2.35. The van der Waals surface area contributed by atoms with Crippen molar-refractivity contribution < 1.29 is 19.4 Å². The summed E-state index contributed by atoms with van der Waals surface area (Å²) in [5.74, 6) is 0.705. The minimum absolute atomic E-state index is 0.240. The summed E-state index contributed by atoms with van der Waals surface area (Å²) in [5.41, 5.74) is 0.290. The number of carboxylic acid groups (broad SMARTS) is 1. The molecule has 18 heavy (non-hydrogen) atoms. The van der Waals surface area contributed by atoms with Crippen LogP contribution in [0.1, 0.15) is 12.0 Å². The van der Waals surface area contributed by atoms with Crippen LogP contribution >= 0.6 is 0 Å². The van der Waals surface area contributed by atoms with E-state index in [0.717, 1.165) is 17.9 Å². The normalized spacial score (nSPS) is 25.3. The van der Waals surface area contributed by atoms with Crippen molar-refractivity contribution in [2.45, 2.75) is 12.8 Å². The van der Waals surface area contributed by atoms with E-state index in [1.54, 1.807) is 0 Å². The molecule has 2 aliphatic rings. The van der Waals surface area contributed by atoms with Crippen LogP contribution in [0.5, 0.6) is 11.5 Å². The number of hydrogen-bond acceptors (Lipinski definition) is 4. The van der Waals surface area contributed by atoms with Crippen molar-refractivity contribution in [3.63, 3.8) is 0 Å². The first kappa shape index (κ1) is 11.3. The van der Waals surface area contributed by atoms with Crippen LogP contribution in [0, 0.1) is 5.41 Å². The van der Waals surface area contributed by atoms with E-state index in [2.05, 4.69) is 5.32 Å². The number of carbonyl (C=O) groups is 1. The predicted molar refractivity (Wildman–Crippen MR) is 63.8 cm³/mol. The van der Waals surface area contributed by atoms with Gasteiger partial charge in [-0.2, -0.15) is 0 Å². The van der Waals surface area contributed by atoms with Gasteiger partial charge < -0.3 is 19.9 Å². The Labute approximate surface area is 105 Å². The predicted octanol–water partition coefficient (Wildman–Crippen LogP) is 1.02. The number of rotatable bonds is 3. The SMILES string of the molecule is O=C(O)C1(Cc2ccc3c(c2)OCO3)CCNC1. The number of hydrogen-bond donors (Lipinski definition) is 2. The Bertz CT molecular complexity index is 480. The van der Waals surface area contributed by atoms with E-state index < -0.39 is 11.4 Å². The molecule has 2 heterocycles. The molecule has 3 rings (SSSR count). The van der Waals surface area contributed by atoms with Gasteiger partial charge in [-0.1, -0.05) is 6.07 Å². The Hall–Kier alpha value is -1.75. The number of ether oxygens (including phenoxy) is 2. The van der Waals surface area contributed by atoms with Gasteiger partial charge >= 0.3 is 5.97 Å². The van der Waals surface area contributed by atoms with Gasteiger partial charge in [0.05, 0.1) is 5.41 Å². The van der Waals surface area contributed by atoms with Gasteiger partial charge in [-0.05, 0) is 37.1 Å². The van der Waals surface area contributed by atoms with Gasteiger partial charge in [0.2, 0.25) is 6.79 Å². The zero-order valence-electron chi connectivity index (χ0n) is 9.94. The summed E-state index contributed by atoms with van der Waals surface area (Å²) >= 11 is 0. The molecule has 0 aromatic heterocycles. The summed E-state index contributed by atoms with van der Waals surface area (Å²) in [6, 6.07) is 5.64. The number of carboxylic acids is 1. The van der Waals surface area contributed by atoms with Crippen LogP contribution in [0.4, 0.5) is 0 Å². The van der Waals surface area contributed by atoms with Crippen LogP contribution < -0.4 is 14.8 Å². The van der Waals surface area contributed by atoms with Gasteiger partial charge in [-0.25, -0.2) is 0 Å². The second kappa shape index (κ2) is 4.17. The molecule has 0 radical (unpaired) electrons. The lowest BCUT2D eigenvalue weighted by molar-refractivity contribution is -0.147. The molecule has 96 valence electrons. The highest BCUT2D eigenvalue weighted by Gasteiger charge is 2.41. The maximum Gasteiger partial charge on any atom is 0.311 e. The van der Waals surface area contributed by atoms with Gasteiger partial charge in [0.15, 0.2) is 11.5 Å². The van der Waals surface area contributed by atoms with Crippen molar-refractivity contribution in [3.8, 4) is 11.5 Å².